The van der Waals surface area contributed by atoms with Gasteiger partial charge in [-0.05, 0) is 19.1 Å². The number of pyridine rings is 1. The number of ether oxygens (including phenoxy) is 1. The van der Waals surface area contributed by atoms with Crippen molar-refractivity contribution >= 4 is 11.8 Å². The summed E-state index contributed by atoms with van der Waals surface area (Å²) in [6, 6.07) is 3.46. The van der Waals surface area contributed by atoms with E-state index in [1.165, 1.54) is 6.20 Å². The maximum absolute atomic E-state index is 11.4. The molecule has 0 aliphatic rings. The molecule has 0 saturated carbocycles. The number of anilines is 1. The number of aromatic amines is 1. The Labute approximate surface area is 111 Å². The van der Waals surface area contributed by atoms with Crippen molar-refractivity contribution in [2.75, 3.05) is 18.5 Å². The van der Waals surface area contributed by atoms with Crippen molar-refractivity contribution in [2.24, 2.45) is 0 Å². The van der Waals surface area contributed by atoms with Crippen LogP contribution in [0.25, 0.3) is 0 Å². The normalized spacial score (nSPS) is 10.2. The molecule has 0 amide bonds. The van der Waals surface area contributed by atoms with Crippen molar-refractivity contribution in [1.82, 2.24) is 15.0 Å². The third kappa shape index (κ3) is 3.80. The van der Waals surface area contributed by atoms with Gasteiger partial charge in [0.15, 0.2) is 0 Å². The van der Waals surface area contributed by atoms with Gasteiger partial charge >= 0.3 is 5.97 Å². The van der Waals surface area contributed by atoms with Gasteiger partial charge in [0.05, 0.1) is 18.5 Å². The third-order valence-electron chi connectivity index (χ3n) is 2.53. The maximum atomic E-state index is 11.4. The number of esters is 1. The van der Waals surface area contributed by atoms with Crippen LogP contribution in [0.15, 0.2) is 30.9 Å². The van der Waals surface area contributed by atoms with Crippen LogP contribution in [0, 0.1) is 0 Å². The van der Waals surface area contributed by atoms with Crippen LogP contribution in [0.1, 0.15) is 23.0 Å². The fourth-order valence-electron chi connectivity index (χ4n) is 1.58. The minimum atomic E-state index is -0.348. The first-order valence-electron chi connectivity index (χ1n) is 6.14. The Balaban J connectivity index is 1.83. The molecule has 0 radical (unpaired) electrons. The molecule has 6 nitrogen and oxygen atoms in total. The molecule has 0 aliphatic heterocycles. The number of carbonyl (C=O) groups excluding carboxylic acids is 1. The monoisotopic (exact) mass is 260 g/mol. The summed E-state index contributed by atoms with van der Waals surface area (Å²) in [4.78, 5) is 22.6. The molecule has 0 atom stereocenters. The number of imidazole rings is 1. The van der Waals surface area contributed by atoms with Crippen LogP contribution in [-0.2, 0) is 11.2 Å². The Bertz CT molecular complexity index is 508. The highest BCUT2D eigenvalue weighted by molar-refractivity contribution is 5.89. The van der Waals surface area contributed by atoms with Gasteiger partial charge in [0.1, 0.15) is 5.82 Å². The molecule has 2 aromatic heterocycles. The maximum Gasteiger partial charge on any atom is 0.339 e. The highest BCUT2D eigenvalue weighted by atomic mass is 16.5. The van der Waals surface area contributed by atoms with E-state index in [4.69, 9.17) is 4.74 Å². The summed E-state index contributed by atoms with van der Waals surface area (Å²) in [7, 11) is 0. The first-order chi connectivity index (χ1) is 9.29. The summed E-state index contributed by atoms with van der Waals surface area (Å²) in [6.45, 7) is 2.88. The predicted octanol–water partition coefficient (Wildman–Crippen LogP) is 1.64. The SMILES string of the molecule is CCOC(=O)c1ccc(NCCc2cnc[nH]2)nc1. The smallest absolute Gasteiger partial charge is 0.339 e. The van der Waals surface area contributed by atoms with E-state index in [0.717, 1.165) is 24.5 Å². The van der Waals surface area contributed by atoms with Gasteiger partial charge in [-0.15, -0.1) is 0 Å². The lowest BCUT2D eigenvalue weighted by molar-refractivity contribution is 0.0526. The molecule has 0 saturated heterocycles. The minimum absolute atomic E-state index is 0.348. The molecular weight excluding hydrogens is 244 g/mol. The Morgan fingerprint density at radius 3 is 2.95 bits per heavy atom. The Morgan fingerprint density at radius 1 is 1.42 bits per heavy atom. The summed E-state index contributed by atoms with van der Waals surface area (Å²) >= 11 is 0. The fourth-order valence-corrected chi connectivity index (χ4v) is 1.58. The van der Waals surface area contributed by atoms with E-state index in [1.807, 2.05) is 0 Å². The number of hydrogen-bond donors (Lipinski definition) is 2. The molecule has 2 N–H and O–H groups in total. The molecule has 0 aromatic carbocycles. The molecule has 0 unspecified atom stereocenters. The van der Waals surface area contributed by atoms with Crippen molar-refractivity contribution in [1.29, 1.82) is 0 Å². The number of rotatable bonds is 6. The van der Waals surface area contributed by atoms with Gasteiger partial charge in [-0.3, -0.25) is 0 Å². The van der Waals surface area contributed by atoms with Gasteiger partial charge in [-0.25, -0.2) is 14.8 Å². The molecule has 0 fully saturated rings. The lowest BCUT2D eigenvalue weighted by Crippen LogP contribution is -2.08. The average Bonchev–Trinajstić information content (AvgIpc) is 2.93. The largest absolute Gasteiger partial charge is 0.462 e. The van der Waals surface area contributed by atoms with Crippen LogP contribution in [0.3, 0.4) is 0 Å². The Morgan fingerprint density at radius 2 is 2.32 bits per heavy atom. The van der Waals surface area contributed by atoms with Gasteiger partial charge in [-0.2, -0.15) is 0 Å². The molecule has 2 heterocycles. The Hall–Kier alpha value is -2.37. The van der Waals surface area contributed by atoms with E-state index in [1.54, 1.807) is 31.6 Å². The zero-order valence-electron chi connectivity index (χ0n) is 10.7. The molecule has 0 aliphatic carbocycles. The number of H-pyrrole nitrogens is 1. The van der Waals surface area contributed by atoms with Gasteiger partial charge in [0, 0.05) is 31.1 Å². The second-order valence-corrected chi connectivity index (χ2v) is 3.91. The van der Waals surface area contributed by atoms with Crippen molar-refractivity contribution in [2.45, 2.75) is 13.3 Å². The van der Waals surface area contributed by atoms with E-state index < -0.39 is 0 Å². The molecule has 0 spiro atoms. The van der Waals surface area contributed by atoms with Crippen molar-refractivity contribution in [3.05, 3.63) is 42.1 Å². The van der Waals surface area contributed by atoms with Crippen molar-refractivity contribution < 1.29 is 9.53 Å². The quantitative estimate of drug-likeness (QED) is 0.772. The van der Waals surface area contributed by atoms with Crippen molar-refractivity contribution in [3.8, 4) is 0 Å². The second-order valence-electron chi connectivity index (χ2n) is 3.91. The molecular formula is C13H16N4O2. The second kappa shape index (κ2) is 6.53. The molecule has 2 rings (SSSR count). The molecule has 6 heteroatoms. The van der Waals surface area contributed by atoms with Crippen LogP contribution in [-0.4, -0.2) is 34.1 Å². The van der Waals surface area contributed by atoms with Gasteiger partial charge in [0.25, 0.3) is 0 Å². The van der Waals surface area contributed by atoms with Crippen LogP contribution in [0.2, 0.25) is 0 Å². The summed E-state index contributed by atoms with van der Waals surface area (Å²) in [5, 5.41) is 3.17. The number of nitrogens with zero attached hydrogens (tertiary/aromatic N) is 2. The number of carbonyl (C=O) groups is 1. The predicted molar refractivity (Wildman–Crippen MR) is 71.0 cm³/mol. The van der Waals surface area contributed by atoms with E-state index in [9.17, 15) is 4.79 Å². The van der Waals surface area contributed by atoms with E-state index in [0.29, 0.717) is 12.2 Å². The zero-order valence-corrected chi connectivity index (χ0v) is 10.7. The molecule has 0 bridgehead atoms. The third-order valence-corrected chi connectivity index (χ3v) is 2.53. The Kier molecular flexibility index (Phi) is 4.49. The summed E-state index contributed by atoms with van der Waals surface area (Å²) in [6.07, 6.45) is 5.79. The van der Waals surface area contributed by atoms with Gasteiger partial charge in [-0.1, -0.05) is 0 Å². The summed E-state index contributed by atoms with van der Waals surface area (Å²) < 4.78 is 4.89. The van der Waals surface area contributed by atoms with E-state index in [2.05, 4.69) is 20.3 Å². The standard InChI is InChI=1S/C13H16N4O2/c1-2-19-13(18)10-3-4-12(16-7-10)15-6-5-11-8-14-9-17-11/h3-4,7-9H,2,5-6H2,1H3,(H,14,17)(H,15,16). The average molecular weight is 260 g/mol. The molecule has 19 heavy (non-hydrogen) atoms. The first-order valence-corrected chi connectivity index (χ1v) is 6.14. The summed E-state index contributed by atoms with van der Waals surface area (Å²) in [5.74, 6) is 0.381. The summed E-state index contributed by atoms with van der Waals surface area (Å²) in [5.41, 5.74) is 1.52. The van der Waals surface area contributed by atoms with Crippen LogP contribution in [0.5, 0.6) is 0 Å². The molecule has 100 valence electrons. The van der Waals surface area contributed by atoms with Crippen LogP contribution < -0.4 is 5.32 Å². The topological polar surface area (TPSA) is 79.9 Å². The number of nitrogens with one attached hydrogen (secondary N) is 2. The first kappa shape index (κ1) is 13.1. The van der Waals surface area contributed by atoms with Crippen LogP contribution >= 0.6 is 0 Å². The lowest BCUT2D eigenvalue weighted by Gasteiger charge is -2.05. The molecule has 2 aromatic rings. The van der Waals surface area contributed by atoms with Crippen molar-refractivity contribution in [3.63, 3.8) is 0 Å². The van der Waals surface area contributed by atoms with E-state index >= 15 is 0 Å². The van der Waals surface area contributed by atoms with Gasteiger partial charge < -0.3 is 15.0 Å². The number of hydrogen-bond acceptors (Lipinski definition) is 5. The van der Waals surface area contributed by atoms with Gasteiger partial charge in [0.2, 0.25) is 0 Å². The number of aromatic nitrogens is 3. The highest BCUT2D eigenvalue weighted by Crippen LogP contribution is 2.06. The lowest BCUT2D eigenvalue weighted by atomic mass is 10.3. The minimum Gasteiger partial charge on any atom is -0.462 e. The van der Waals surface area contributed by atoms with E-state index in [-0.39, 0.29) is 5.97 Å². The highest BCUT2D eigenvalue weighted by Gasteiger charge is 2.06. The zero-order chi connectivity index (χ0) is 13.5. The fraction of sp³-hybridized carbons (Fsp3) is 0.308. The van der Waals surface area contributed by atoms with Crippen LogP contribution in [0.4, 0.5) is 5.82 Å².